The molecule has 1 amide bonds. The summed E-state index contributed by atoms with van der Waals surface area (Å²) in [5.74, 6) is -0.235. The van der Waals surface area contributed by atoms with Crippen LogP contribution in [0.2, 0.25) is 0 Å². The lowest BCUT2D eigenvalue weighted by atomic mass is 10.2. The number of thiophene rings is 1. The SMILES string of the molecule is CCOC(=O)CN(C(=O)CCCc1ccc(Br)s1)C1CC1. The standard InChI is InChI=1S/C15H20BrNO3S/c1-2-20-15(19)10-17(11-6-7-11)14(18)5-3-4-12-8-9-13(16)21-12/h8-9,11H,2-7,10H2,1H3. The highest BCUT2D eigenvalue weighted by Crippen LogP contribution is 2.28. The zero-order valence-corrected chi connectivity index (χ0v) is 14.5. The molecule has 1 aromatic heterocycles. The van der Waals surface area contributed by atoms with Gasteiger partial charge in [-0.1, -0.05) is 0 Å². The van der Waals surface area contributed by atoms with Crippen molar-refractivity contribution in [2.75, 3.05) is 13.2 Å². The van der Waals surface area contributed by atoms with Crippen LogP contribution < -0.4 is 0 Å². The topological polar surface area (TPSA) is 46.6 Å². The third-order valence-corrected chi connectivity index (χ3v) is 5.04. The van der Waals surface area contributed by atoms with Crippen molar-refractivity contribution in [3.05, 3.63) is 20.8 Å². The van der Waals surface area contributed by atoms with E-state index in [1.165, 1.54) is 4.88 Å². The normalized spacial score (nSPS) is 14.0. The summed E-state index contributed by atoms with van der Waals surface area (Å²) in [6.45, 7) is 2.24. The van der Waals surface area contributed by atoms with Gasteiger partial charge >= 0.3 is 5.97 Å². The van der Waals surface area contributed by atoms with Gasteiger partial charge in [-0.15, -0.1) is 11.3 Å². The Morgan fingerprint density at radius 2 is 2.19 bits per heavy atom. The summed E-state index contributed by atoms with van der Waals surface area (Å²) in [6.07, 6.45) is 4.22. The number of carbonyl (C=O) groups excluding carboxylic acids is 2. The summed E-state index contributed by atoms with van der Waals surface area (Å²) < 4.78 is 6.06. The maximum atomic E-state index is 12.3. The predicted molar refractivity (Wildman–Crippen MR) is 86.3 cm³/mol. The largest absolute Gasteiger partial charge is 0.465 e. The lowest BCUT2D eigenvalue weighted by Crippen LogP contribution is -2.38. The molecule has 1 aliphatic rings. The maximum absolute atomic E-state index is 12.3. The molecule has 0 aromatic carbocycles. The minimum absolute atomic E-state index is 0.0705. The second-order valence-electron chi connectivity index (χ2n) is 5.12. The minimum atomic E-state index is -0.306. The Morgan fingerprint density at radius 1 is 1.43 bits per heavy atom. The number of aryl methyl sites for hydroxylation is 1. The van der Waals surface area contributed by atoms with Crippen molar-refractivity contribution < 1.29 is 14.3 Å². The van der Waals surface area contributed by atoms with Crippen LogP contribution in [0.5, 0.6) is 0 Å². The number of amides is 1. The van der Waals surface area contributed by atoms with E-state index in [2.05, 4.69) is 22.0 Å². The summed E-state index contributed by atoms with van der Waals surface area (Å²) in [5, 5.41) is 0. The Morgan fingerprint density at radius 3 is 2.76 bits per heavy atom. The van der Waals surface area contributed by atoms with Crippen LogP contribution in [0.3, 0.4) is 0 Å². The zero-order chi connectivity index (χ0) is 15.2. The molecule has 0 bridgehead atoms. The highest BCUT2D eigenvalue weighted by Gasteiger charge is 2.33. The molecule has 116 valence electrons. The average molecular weight is 374 g/mol. The van der Waals surface area contributed by atoms with Crippen LogP contribution >= 0.6 is 27.3 Å². The van der Waals surface area contributed by atoms with Crippen LogP contribution in [0.15, 0.2) is 15.9 Å². The van der Waals surface area contributed by atoms with Crippen LogP contribution in [0.1, 0.15) is 37.5 Å². The lowest BCUT2D eigenvalue weighted by Gasteiger charge is -2.21. The average Bonchev–Trinajstić information content (AvgIpc) is 3.19. The maximum Gasteiger partial charge on any atom is 0.325 e. The van der Waals surface area contributed by atoms with Crippen LogP contribution in [0, 0.1) is 0 Å². The molecule has 0 aliphatic heterocycles. The van der Waals surface area contributed by atoms with E-state index < -0.39 is 0 Å². The second kappa shape index (κ2) is 7.94. The van der Waals surface area contributed by atoms with Gasteiger partial charge < -0.3 is 9.64 Å². The molecule has 6 heteroatoms. The number of rotatable bonds is 8. The van der Waals surface area contributed by atoms with E-state index in [0.29, 0.717) is 13.0 Å². The van der Waals surface area contributed by atoms with Gasteiger partial charge in [0.25, 0.3) is 0 Å². The summed E-state index contributed by atoms with van der Waals surface area (Å²) in [4.78, 5) is 26.8. The van der Waals surface area contributed by atoms with Crippen molar-refractivity contribution >= 4 is 39.1 Å². The first-order chi connectivity index (χ1) is 10.1. The van der Waals surface area contributed by atoms with E-state index >= 15 is 0 Å². The molecule has 21 heavy (non-hydrogen) atoms. The van der Waals surface area contributed by atoms with E-state index in [1.807, 2.05) is 6.07 Å². The number of carbonyl (C=O) groups is 2. The third-order valence-electron chi connectivity index (χ3n) is 3.36. The van der Waals surface area contributed by atoms with Crippen molar-refractivity contribution in [2.45, 2.75) is 45.1 Å². The van der Waals surface area contributed by atoms with E-state index in [4.69, 9.17) is 4.74 Å². The van der Waals surface area contributed by atoms with Crippen LogP contribution in [-0.4, -0.2) is 36.0 Å². The molecular formula is C15H20BrNO3S. The highest BCUT2D eigenvalue weighted by molar-refractivity contribution is 9.11. The first-order valence-corrected chi connectivity index (χ1v) is 8.90. The Hall–Kier alpha value is -0.880. The van der Waals surface area contributed by atoms with Crippen molar-refractivity contribution in [1.29, 1.82) is 0 Å². The third kappa shape index (κ3) is 5.43. The molecule has 0 saturated heterocycles. The molecule has 1 aromatic rings. The monoisotopic (exact) mass is 373 g/mol. The van der Waals surface area contributed by atoms with Crippen molar-refractivity contribution in [1.82, 2.24) is 4.90 Å². The van der Waals surface area contributed by atoms with Crippen LogP contribution in [0.4, 0.5) is 0 Å². The Bertz CT molecular complexity index is 499. The molecular weight excluding hydrogens is 354 g/mol. The summed E-state index contributed by atoms with van der Waals surface area (Å²) in [5.41, 5.74) is 0. The van der Waals surface area contributed by atoms with E-state index in [1.54, 1.807) is 23.2 Å². The quantitative estimate of drug-likeness (QED) is 0.656. The van der Waals surface area contributed by atoms with Gasteiger partial charge in [-0.05, 0) is 60.7 Å². The van der Waals surface area contributed by atoms with Crippen LogP contribution in [-0.2, 0) is 20.7 Å². The Balaban J connectivity index is 1.77. The molecule has 0 unspecified atom stereocenters. The van der Waals surface area contributed by atoms with Crippen molar-refractivity contribution in [2.24, 2.45) is 0 Å². The van der Waals surface area contributed by atoms with Crippen molar-refractivity contribution in [3.8, 4) is 0 Å². The first-order valence-electron chi connectivity index (χ1n) is 7.29. The predicted octanol–water partition coefficient (Wildman–Crippen LogP) is 3.39. The van der Waals surface area contributed by atoms with Crippen LogP contribution in [0.25, 0.3) is 0 Å². The fraction of sp³-hybridized carbons (Fsp3) is 0.600. The molecule has 1 heterocycles. The molecule has 0 atom stereocenters. The minimum Gasteiger partial charge on any atom is -0.465 e. The molecule has 0 radical (unpaired) electrons. The Kier molecular flexibility index (Phi) is 6.23. The number of hydrogen-bond acceptors (Lipinski definition) is 4. The molecule has 0 N–H and O–H groups in total. The van der Waals surface area contributed by atoms with Gasteiger partial charge in [0, 0.05) is 17.3 Å². The zero-order valence-electron chi connectivity index (χ0n) is 12.1. The fourth-order valence-electron chi connectivity index (χ4n) is 2.20. The van der Waals surface area contributed by atoms with Gasteiger partial charge in [-0.2, -0.15) is 0 Å². The summed E-state index contributed by atoms with van der Waals surface area (Å²) >= 11 is 5.14. The number of hydrogen-bond donors (Lipinski definition) is 0. The number of ether oxygens (including phenoxy) is 1. The van der Waals surface area contributed by atoms with Gasteiger partial charge in [0.05, 0.1) is 10.4 Å². The van der Waals surface area contributed by atoms with Gasteiger partial charge in [-0.3, -0.25) is 9.59 Å². The molecule has 1 fully saturated rings. The van der Waals surface area contributed by atoms with E-state index in [-0.39, 0.29) is 24.5 Å². The highest BCUT2D eigenvalue weighted by atomic mass is 79.9. The van der Waals surface area contributed by atoms with Gasteiger partial charge in [0.1, 0.15) is 6.54 Å². The molecule has 2 rings (SSSR count). The molecule has 1 aliphatic carbocycles. The number of halogens is 1. The van der Waals surface area contributed by atoms with Crippen molar-refractivity contribution in [3.63, 3.8) is 0 Å². The van der Waals surface area contributed by atoms with E-state index in [0.717, 1.165) is 29.5 Å². The second-order valence-corrected chi connectivity index (χ2v) is 7.66. The van der Waals surface area contributed by atoms with Gasteiger partial charge in [0.2, 0.25) is 5.91 Å². The molecule has 1 saturated carbocycles. The first kappa shape index (κ1) is 16.5. The van der Waals surface area contributed by atoms with Gasteiger partial charge in [0.15, 0.2) is 0 Å². The van der Waals surface area contributed by atoms with Gasteiger partial charge in [-0.25, -0.2) is 0 Å². The fourth-order valence-corrected chi connectivity index (χ4v) is 3.72. The summed E-state index contributed by atoms with van der Waals surface area (Å²) in [7, 11) is 0. The smallest absolute Gasteiger partial charge is 0.325 e. The number of nitrogens with zero attached hydrogens (tertiary/aromatic N) is 1. The lowest BCUT2D eigenvalue weighted by molar-refractivity contribution is -0.149. The number of esters is 1. The molecule has 4 nitrogen and oxygen atoms in total. The Labute approximate surface area is 137 Å². The summed E-state index contributed by atoms with van der Waals surface area (Å²) in [6, 6.07) is 4.35. The van der Waals surface area contributed by atoms with E-state index in [9.17, 15) is 9.59 Å². The molecule has 0 spiro atoms.